The number of nitrogens with zero attached hydrogens (tertiary/aromatic N) is 3. The van der Waals surface area contributed by atoms with Crippen LogP contribution in [0.3, 0.4) is 0 Å². The number of likely N-dealkylation sites (tertiary alicyclic amines) is 1. The quantitative estimate of drug-likeness (QED) is 0.814. The molecule has 116 valence electrons. The molecule has 3 rings (SSSR count). The van der Waals surface area contributed by atoms with Gasteiger partial charge < -0.3 is 10.2 Å². The number of H-pyrrole nitrogens is 1. The number of hydrogen-bond acceptors (Lipinski definition) is 4. The van der Waals surface area contributed by atoms with Gasteiger partial charge in [-0.2, -0.15) is 5.10 Å². The number of amides is 2. The van der Waals surface area contributed by atoms with E-state index in [9.17, 15) is 14.4 Å². The fourth-order valence-corrected chi connectivity index (χ4v) is 2.62. The maximum absolute atomic E-state index is 12.2. The lowest BCUT2D eigenvalue weighted by Crippen LogP contribution is -2.42. The van der Waals surface area contributed by atoms with E-state index in [4.69, 9.17) is 0 Å². The van der Waals surface area contributed by atoms with Crippen molar-refractivity contribution in [2.75, 3.05) is 13.1 Å². The number of carbonyl (C=O) groups excluding carboxylic acids is 2. The number of aromatic nitrogens is 3. The lowest BCUT2D eigenvalue weighted by atomic mass is 10.2. The number of fused-ring (bicyclic) bond motifs is 1. The van der Waals surface area contributed by atoms with E-state index in [1.54, 1.807) is 17.0 Å². The topological polar surface area (TPSA) is 99.6 Å². The number of nitrogens with one attached hydrogen (secondary N) is 2. The lowest BCUT2D eigenvalue weighted by Gasteiger charge is -2.21. The van der Waals surface area contributed by atoms with Crippen LogP contribution in [0.5, 0.6) is 0 Å². The highest BCUT2D eigenvalue weighted by atomic mass is 16.2. The average Bonchev–Trinajstić information content (AvgIpc) is 3.06. The van der Waals surface area contributed by atoms with Crippen LogP contribution in [0.15, 0.2) is 23.1 Å². The summed E-state index contributed by atoms with van der Waals surface area (Å²) in [6.45, 7) is 3.10. The fourth-order valence-electron chi connectivity index (χ4n) is 2.62. The molecule has 0 aromatic carbocycles. The van der Waals surface area contributed by atoms with Crippen LogP contribution in [0, 0.1) is 0 Å². The first kappa shape index (κ1) is 14.3. The Morgan fingerprint density at radius 3 is 3.00 bits per heavy atom. The molecule has 0 bridgehead atoms. The van der Waals surface area contributed by atoms with E-state index in [0.717, 1.165) is 13.0 Å². The van der Waals surface area contributed by atoms with Gasteiger partial charge in [-0.15, -0.1) is 0 Å². The first-order valence-corrected chi connectivity index (χ1v) is 7.20. The average molecular weight is 303 g/mol. The summed E-state index contributed by atoms with van der Waals surface area (Å²) >= 11 is 0. The number of hydrogen-bond donors (Lipinski definition) is 2. The van der Waals surface area contributed by atoms with Crippen LogP contribution < -0.4 is 11.0 Å². The highest BCUT2D eigenvalue weighted by Crippen LogP contribution is 2.10. The molecule has 2 N–H and O–H groups in total. The fraction of sp³-hybridized carbons (Fsp3) is 0.429. The van der Waals surface area contributed by atoms with E-state index in [1.807, 2.05) is 6.92 Å². The highest BCUT2D eigenvalue weighted by molar-refractivity contribution is 5.94. The molecule has 1 atom stereocenters. The van der Waals surface area contributed by atoms with Crippen molar-refractivity contribution >= 4 is 17.5 Å². The molecule has 1 aliphatic heterocycles. The molecular weight excluding hydrogens is 286 g/mol. The van der Waals surface area contributed by atoms with Gasteiger partial charge in [0.05, 0.1) is 5.56 Å². The minimum atomic E-state index is -0.389. The molecule has 1 aliphatic rings. The van der Waals surface area contributed by atoms with Crippen molar-refractivity contribution in [1.29, 1.82) is 0 Å². The van der Waals surface area contributed by atoms with Crippen LogP contribution in [-0.4, -0.2) is 50.4 Å². The van der Waals surface area contributed by atoms with Crippen molar-refractivity contribution in [2.45, 2.75) is 25.8 Å². The van der Waals surface area contributed by atoms with Crippen molar-refractivity contribution in [3.05, 3.63) is 34.4 Å². The van der Waals surface area contributed by atoms with Crippen molar-refractivity contribution in [3.63, 3.8) is 0 Å². The number of carbonyl (C=O) groups is 2. The monoisotopic (exact) mass is 303 g/mol. The van der Waals surface area contributed by atoms with Crippen molar-refractivity contribution in [3.8, 4) is 0 Å². The minimum Gasteiger partial charge on any atom is -0.348 e. The Bertz CT molecular complexity index is 778. The minimum absolute atomic E-state index is 0.132. The van der Waals surface area contributed by atoms with E-state index in [2.05, 4.69) is 15.5 Å². The van der Waals surface area contributed by atoms with Crippen LogP contribution in [0.2, 0.25) is 0 Å². The third-order valence-corrected chi connectivity index (χ3v) is 3.72. The Morgan fingerprint density at radius 1 is 1.45 bits per heavy atom. The molecule has 0 saturated carbocycles. The Kier molecular flexibility index (Phi) is 3.66. The molecule has 1 unspecified atom stereocenters. The molecule has 22 heavy (non-hydrogen) atoms. The molecular formula is C14H17N5O3. The van der Waals surface area contributed by atoms with E-state index in [-0.39, 0.29) is 23.5 Å². The summed E-state index contributed by atoms with van der Waals surface area (Å²) in [5.41, 5.74) is 0.438. The number of rotatable bonds is 4. The predicted octanol–water partition coefficient (Wildman–Crippen LogP) is -0.237. The first-order chi connectivity index (χ1) is 10.5. The Hall–Kier alpha value is -2.64. The molecule has 0 spiro atoms. The van der Waals surface area contributed by atoms with E-state index in [0.29, 0.717) is 24.2 Å². The van der Waals surface area contributed by atoms with Crippen LogP contribution in [-0.2, 0) is 4.79 Å². The molecule has 3 heterocycles. The summed E-state index contributed by atoms with van der Waals surface area (Å²) in [5, 5.41) is 8.97. The highest BCUT2D eigenvalue weighted by Gasteiger charge is 2.22. The van der Waals surface area contributed by atoms with Crippen molar-refractivity contribution < 1.29 is 9.59 Å². The second kappa shape index (κ2) is 5.63. The third-order valence-electron chi connectivity index (χ3n) is 3.72. The SMILES string of the molecule is CC(CN1CCCC1=O)NC(=O)c1ccc2n[nH]c(=O)n2c1. The van der Waals surface area contributed by atoms with Crippen molar-refractivity contribution in [1.82, 2.24) is 24.8 Å². The van der Waals surface area contributed by atoms with E-state index < -0.39 is 0 Å². The number of pyridine rings is 1. The van der Waals surface area contributed by atoms with Gasteiger partial charge in [-0.05, 0) is 25.5 Å². The third kappa shape index (κ3) is 2.72. The van der Waals surface area contributed by atoms with Crippen LogP contribution in [0.1, 0.15) is 30.1 Å². The summed E-state index contributed by atoms with van der Waals surface area (Å²) in [6, 6.07) is 3.05. The summed E-state index contributed by atoms with van der Waals surface area (Å²) in [4.78, 5) is 37.1. The van der Waals surface area contributed by atoms with Gasteiger partial charge in [-0.3, -0.25) is 9.59 Å². The molecule has 1 fully saturated rings. The molecule has 2 aromatic rings. The van der Waals surface area contributed by atoms with Gasteiger partial charge >= 0.3 is 5.69 Å². The zero-order chi connectivity index (χ0) is 15.7. The molecule has 2 aromatic heterocycles. The maximum atomic E-state index is 12.2. The summed E-state index contributed by atoms with van der Waals surface area (Å²) < 4.78 is 1.28. The van der Waals surface area contributed by atoms with Gasteiger partial charge in [0.15, 0.2) is 5.65 Å². The maximum Gasteiger partial charge on any atom is 0.347 e. The summed E-state index contributed by atoms with van der Waals surface area (Å²) in [6.07, 6.45) is 2.91. The van der Waals surface area contributed by atoms with Gasteiger partial charge in [0, 0.05) is 31.7 Å². The Balaban J connectivity index is 1.68. The van der Waals surface area contributed by atoms with Crippen molar-refractivity contribution in [2.24, 2.45) is 0 Å². The standard InChI is InChI=1S/C14H17N5O3/c1-9(7-18-6-2-3-12(18)20)15-13(21)10-4-5-11-16-17-14(22)19(11)8-10/h4-5,8-9H,2-3,6-7H2,1H3,(H,15,21)(H,17,22). The lowest BCUT2D eigenvalue weighted by molar-refractivity contribution is -0.127. The second-order valence-electron chi connectivity index (χ2n) is 5.49. The predicted molar refractivity (Wildman–Crippen MR) is 78.6 cm³/mol. The van der Waals surface area contributed by atoms with E-state index in [1.165, 1.54) is 10.6 Å². The summed E-state index contributed by atoms with van der Waals surface area (Å²) in [5.74, 6) is -0.151. The zero-order valence-corrected chi connectivity index (χ0v) is 12.2. The normalized spacial score (nSPS) is 16.2. The molecule has 0 aliphatic carbocycles. The summed E-state index contributed by atoms with van der Waals surface area (Å²) in [7, 11) is 0. The molecule has 2 amide bonds. The van der Waals surface area contributed by atoms with Crippen LogP contribution >= 0.6 is 0 Å². The number of aromatic amines is 1. The van der Waals surface area contributed by atoms with Gasteiger partial charge in [0.1, 0.15) is 0 Å². The Labute approximate surface area is 126 Å². The van der Waals surface area contributed by atoms with Gasteiger partial charge in [-0.25, -0.2) is 14.3 Å². The van der Waals surface area contributed by atoms with Gasteiger partial charge in [-0.1, -0.05) is 0 Å². The first-order valence-electron chi connectivity index (χ1n) is 7.20. The second-order valence-corrected chi connectivity index (χ2v) is 5.49. The van der Waals surface area contributed by atoms with Gasteiger partial charge in [0.2, 0.25) is 5.91 Å². The zero-order valence-electron chi connectivity index (χ0n) is 12.2. The van der Waals surface area contributed by atoms with Crippen LogP contribution in [0.4, 0.5) is 0 Å². The largest absolute Gasteiger partial charge is 0.348 e. The van der Waals surface area contributed by atoms with E-state index >= 15 is 0 Å². The smallest absolute Gasteiger partial charge is 0.347 e. The molecule has 0 radical (unpaired) electrons. The molecule has 1 saturated heterocycles. The van der Waals surface area contributed by atoms with Crippen LogP contribution in [0.25, 0.3) is 5.65 Å². The molecule has 8 heteroatoms. The molecule has 8 nitrogen and oxygen atoms in total. The Morgan fingerprint density at radius 2 is 2.27 bits per heavy atom. The van der Waals surface area contributed by atoms with Gasteiger partial charge in [0.25, 0.3) is 5.91 Å².